The van der Waals surface area contributed by atoms with Crippen molar-refractivity contribution in [2.24, 2.45) is 0 Å². The van der Waals surface area contributed by atoms with Crippen molar-refractivity contribution in [1.29, 1.82) is 0 Å². The highest BCUT2D eigenvalue weighted by atomic mass is 16.1. The minimum Gasteiger partial charge on any atom is -0.346 e. The van der Waals surface area contributed by atoms with Crippen LogP contribution in [0.5, 0.6) is 0 Å². The Balaban J connectivity index is 2.68. The molecule has 0 aliphatic rings. The third-order valence-corrected chi connectivity index (χ3v) is 1.77. The Morgan fingerprint density at radius 1 is 1.42 bits per heavy atom. The second-order valence-electron chi connectivity index (χ2n) is 2.67. The van der Waals surface area contributed by atoms with Gasteiger partial charge in [0.05, 0.1) is 0 Å². The topological polar surface area (TPSA) is 45.8 Å². The van der Waals surface area contributed by atoms with Gasteiger partial charge in [-0.3, -0.25) is 4.79 Å². The van der Waals surface area contributed by atoms with Gasteiger partial charge in [-0.2, -0.15) is 0 Å². The summed E-state index contributed by atoms with van der Waals surface area (Å²) in [6, 6.07) is 5.54. The van der Waals surface area contributed by atoms with E-state index in [9.17, 15) is 4.79 Å². The van der Waals surface area contributed by atoms with Crippen LogP contribution in [-0.4, -0.2) is 15.8 Å². The molecule has 2 heterocycles. The fourth-order valence-corrected chi connectivity index (χ4v) is 1.13. The predicted octanol–water partition coefficient (Wildman–Crippen LogP) is 1.77. The van der Waals surface area contributed by atoms with Gasteiger partial charge < -0.3 is 4.98 Å². The maximum atomic E-state index is 10.9. The molecule has 0 atom stereocenters. The van der Waals surface area contributed by atoms with E-state index in [1.54, 1.807) is 6.07 Å². The molecule has 0 bridgehead atoms. The molecule has 0 saturated carbocycles. The number of ketones is 1. The first-order chi connectivity index (χ1) is 5.77. The van der Waals surface area contributed by atoms with Gasteiger partial charge in [0.15, 0.2) is 5.78 Å². The molecular formula is C9H8N2O. The molecule has 2 aromatic heterocycles. The summed E-state index contributed by atoms with van der Waals surface area (Å²) in [6.45, 7) is 1.51. The number of nitrogens with zero attached hydrogens (tertiary/aromatic N) is 1. The highest BCUT2D eigenvalue weighted by Crippen LogP contribution is 2.09. The van der Waals surface area contributed by atoms with E-state index in [1.807, 2.05) is 18.3 Å². The summed E-state index contributed by atoms with van der Waals surface area (Å²) in [5.74, 6) is -0.00787. The smallest absolute Gasteiger partial charge is 0.178 e. The number of aromatic nitrogens is 2. The summed E-state index contributed by atoms with van der Waals surface area (Å²) in [5.41, 5.74) is 1.27. The van der Waals surface area contributed by atoms with Gasteiger partial charge in [0.2, 0.25) is 0 Å². The predicted molar refractivity (Wildman–Crippen MR) is 46.1 cm³/mol. The Bertz CT molecular complexity index is 431. The van der Waals surface area contributed by atoms with Crippen LogP contribution in [0.15, 0.2) is 24.4 Å². The van der Waals surface area contributed by atoms with Gasteiger partial charge in [-0.1, -0.05) is 0 Å². The van der Waals surface area contributed by atoms with Crippen LogP contribution in [0.2, 0.25) is 0 Å². The van der Waals surface area contributed by atoms with Gasteiger partial charge in [-0.25, -0.2) is 4.98 Å². The standard InChI is InChI=1S/C9H8N2O/c1-6(12)8-3-2-7-4-5-10-9(7)11-8/h2-5H,1H3,(H,10,11). The van der Waals surface area contributed by atoms with E-state index >= 15 is 0 Å². The lowest BCUT2D eigenvalue weighted by molar-refractivity contribution is 0.101. The third-order valence-electron chi connectivity index (χ3n) is 1.77. The minimum absolute atomic E-state index is 0.00787. The van der Waals surface area contributed by atoms with Crippen LogP contribution in [0.1, 0.15) is 17.4 Å². The molecule has 12 heavy (non-hydrogen) atoms. The van der Waals surface area contributed by atoms with Gasteiger partial charge in [0, 0.05) is 18.5 Å². The molecule has 0 saturated heterocycles. The molecule has 60 valence electrons. The molecule has 2 rings (SSSR count). The van der Waals surface area contributed by atoms with Crippen LogP contribution < -0.4 is 0 Å². The van der Waals surface area contributed by atoms with Crippen molar-refractivity contribution >= 4 is 16.8 Å². The van der Waals surface area contributed by atoms with E-state index < -0.39 is 0 Å². The number of carbonyl (C=O) groups excluding carboxylic acids is 1. The molecule has 0 fully saturated rings. The lowest BCUT2D eigenvalue weighted by Gasteiger charge is -1.93. The van der Waals surface area contributed by atoms with E-state index in [1.165, 1.54) is 6.92 Å². The SMILES string of the molecule is CC(=O)c1ccc2cc[nH]c2n1. The maximum Gasteiger partial charge on any atom is 0.178 e. The first-order valence-corrected chi connectivity index (χ1v) is 3.72. The fourth-order valence-electron chi connectivity index (χ4n) is 1.13. The normalized spacial score (nSPS) is 10.4. The van der Waals surface area contributed by atoms with Gasteiger partial charge in [-0.05, 0) is 18.2 Å². The Kier molecular flexibility index (Phi) is 1.43. The van der Waals surface area contributed by atoms with Gasteiger partial charge in [0.25, 0.3) is 0 Å². The van der Waals surface area contributed by atoms with Gasteiger partial charge >= 0.3 is 0 Å². The van der Waals surface area contributed by atoms with Crippen molar-refractivity contribution in [3.63, 3.8) is 0 Å². The molecular weight excluding hydrogens is 152 g/mol. The molecule has 0 radical (unpaired) electrons. The molecule has 0 aliphatic carbocycles. The van der Waals surface area contributed by atoms with Crippen molar-refractivity contribution in [2.45, 2.75) is 6.92 Å². The Morgan fingerprint density at radius 3 is 3.00 bits per heavy atom. The van der Waals surface area contributed by atoms with E-state index in [0.29, 0.717) is 5.69 Å². The second-order valence-corrected chi connectivity index (χ2v) is 2.67. The van der Waals surface area contributed by atoms with E-state index in [2.05, 4.69) is 9.97 Å². The third kappa shape index (κ3) is 0.993. The largest absolute Gasteiger partial charge is 0.346 e. The second kappa shape index (κ2) is 2.44. The number of Topliss-reactive ketones (excluding diaryl/α,β-unsaturated/α-hetero) is 1. The average Bonchev–Trinajstić information content (AvgIpc) is 2.49. The molecule has 3 nitrogen and oxygen atoms in total. The van der Waals surface area contributed by atoms with Crippen LogP contribution in [-0.2, 0) is 0 Å². The molecule has 2 aromatic rings. The maximum absolute atomic E-state index is 10.9. The van der Waals surface area contributed by atoms with Crippen molar-refractivity contribution in [1.82, 2.24) is 9.97 Å². The van der Waals surface area contributed by atoms with Crippen molar-refractivity contribution < 1.29 is 4.79 Å². The summed E-state index contributed by atoms with van der Waals surface area (Å²) < 4.78 is 0. The molecule has 0 amide bonds. The number of carbonyl (C=O) groups is 1. The number of rotatable bonds is 1. The van der Waals surface area contributed by atoms with Gasteiger partial charge in [0.1, 0.15) is 11.3 Å². The van der Waals surface area contributed by atoms with Crippen molar-refractivity contribution in [2.75, 3.05) is 0 Å². The lowest BCUT2D eigenvalue weighted by atomic mass is 10.2. The number of fused-ring (bicyclic) bond motifs is 1. The van der Waals surface area contributed by atoms with Crippen molar-refractivity contribution in [3.05, 3.63) is 30.1 Å². The molecule has 0 aromatic carbocycles. The quantitative estimate of drug-likeness (QED) is 0.646. The first kappa shape index (κ1) is 7.03. The summed E-state index contributed by atoms with van der Waals surface area (Å²) in [7, 11) is 0. The monoisotopic (exact) mass is 160 g/mol. The zero-order valence-corrected chi connectivity index (χ0v) is 6.66. The summed E-state index contributed by atoms with van der Waals surface area (Å²) in [5, 5.41) is 1.03. The minimum atomic E-state index is -0.00787. The van der Waals surface area contributed by atoms with Crippen LogP contribution in [0.4, 0.5) is 0 Å². The molecule has 1 N–H and O–H groups in total. The fraction of sp³-hybridized carbons (Fsp3) is 0.111. The highest BCUT2D eigenvalue weighted by molar-refractivity contribution is 5.94. The van der Waals surface area contributed by atoms with Crippen LogP contribution in [0, 0.1) is 0 Å². The van der Waals surface area contributed by atoms with E-state index in [0.717, 1.165) is 11.0 Å². The van der Waals surface area contributed by atoms with Gasteiger partial charge in [-0.15, -0.1) is 0 Å². The van der Waals surface area contributed by atoms with Crippen molar-refractivity contribution in [3.8, 4) is 0 Å². The average molecular weight is 160 g/mol. The highest BCUT2D eigenvalue weighted by Gasteiger charge is 2.01. The number of aromatic amines is 1. The Hall–Kier alpha value is -1.64. The number of hydrogen-bond acceptors (Lipinski definition) is 2. The van der Waals surface area contributed by atoms with E-state index in [-0.39, 0.29) is 5.78 Å². The number of nitrogens with one attached hydrogen (secondary N) is 1. The lowest BCUT2D eigenvalue weighted by Crippen LogP contribution is -1.95. The Morgan fingerprint density at radius 2 is 2.25 bits per heavy atom. The summed E-state index contributed by atoms with van der Waals surface area (Å²) in [6.07, 6.45) is 1.81. The number of hydrogen-bond donors (Lipinski definition) is 1. The number of pyridine rings is 1. The number of H-pyrrole nitrogens is 1. The summed E-state index contributed by atoms with van der Waals surface area (Å²) in [4.78, 5) is 18.0. The Labute approximate surface area is 69.4 Å². The van der Waals surface area contributed by atoms with Crippen LogP contribution >= 0.6 is 0 Å². The first-order valence-electron chi connectivity index (χ1n) is 3.72. The zero-order chi connectivity index (χ0) is 8.55. The van der Waals surface area contributed by atoms with E-state index in [4.69, 9.17) is 0 Å². The van der Waals surface area contributed by atoms with Crippen LogP contribution in [0.3, 0.4) is 0 Å². The molecule has 0 unspecified atom stereocenters. The molecule has 0 aliphatic heterocycles. The zero-order valence-electron chi connectivity index (χ0n) is 6.66. The summed E-state index contributed by atoms with van der Waals surface area (Å²) >= 11 is 0. The molecule has 3 heteroatoms. The molecule has 0 spiro atoms. The van der Waals surface area contributed by atoms with Crippen LogP contribution in [0.25, 0.3) is 11.0 Å².